The van der Waals surface area contributed by atoms with Crippen molar-refractivity contribution in [1.29, 1.82) is 0 Å². The van der Waals surface area contributed by atoms with E-state index in [0.717, 1.165) is 12.8 Å². The summed E-state index contributed by atoms with van der Waals surface area (Å²) in [7, 11) is 0. The van der Waals surface area contributed by atoms with E-state index in [2.05, 4.69) is 74.6 Å². The first kappa shape index (κ1) is 12.7. The van der Waals surface area contributed by atoms with E-state index in [9.17, 15) is 0 Å². The summed E-state index contributed by atoms with van der Waals surface area (Å²) in [5.74, 6) is 12.1. The fourth-order valence-electron chi connectivity index (χ4n) is 1.49. The second-order valence-corrected chi connectivity index (χ2v) is 8.20. The lowest BCUT2D eigenvalue weighted by atomic mass is 10.1. The van der Waals surface area contributed by atoms with Crippen LogP contribution in [-0.2, 0) is 6.42 Å². The molecular weight excluding hydrogens is 340 g/mol. The molecular formula is C15H12Br2. The second-order valence-electron chi connectivity index (χ2n) is 4.43. The van der Waals surface area contributed by atoms with Crippen LogP contribution in [0.5, 0.6) is 0 Å². The Kier molecular flexibility index (Phi) is 3.67. The molecule has 0 aliphatic heterocycles. The minimum absolute atomic E-state index is 0.00110. The van der Waals surface area contributed by atoms with E-state index in [1.165, 1.54) is 5.56 Å². The lowest BCUT2D eigenvalue weighted by Crippen LogP contribution is -1.98. The van der Waals surface area contributed by atoms with Crippen molar-refractivity contribution >= 4 is 31.9 Å². The molecule has 2 heteroatoms. The van der Waals surface area contributed by atoms with Crippen molar-refractivity contribution in [3.05, 3.63) is 35.9 Å². The predicted octanol–water partition coefficient (Wildman–Crippen LogP) is 4.13. The number of halogens is 2. The first-order chi connectivity index (χ1) is 8.04. The van der Waals surface area contributed by atoms with E-state index in [1.807, 2.05) is 18.2 Å². The first-order valence-corrected chi connectivity index (χ1v) is 7.04. The van der Waals surface area contributed by atoms with Crippen molar-refractivity contribution in [3.8, 4) is 23.7 Å². The van der Waals surface area contributed by atoms with Crippen LogP contribution >= 0.6 is 31.9 Å². The normalized spacial score (nSPS) is 23.9. The third-order valence-electron chi connectivity index (χ3n) is 2.88. The van der Waals surface area contributed by atoms with Gasteiger partial charge in [0.1, 0.15) is 0 Å². The van der Waals surface area contributed by atoms with Crippen LogP contribution in [0, 0.1) is 29.1 Å². The molecule has 0 N–H and O–H groups in total. The first-order valence-electron chi connectivity index (χ1n) is 5.45. The van der Waals surface area contributed by atoms with Gasteiger partial charge in [-0.05, 0) is 30.7 Å². The Morgan fingerprint density at radius 3 is 2.41 bits per heavy atom. The molecule has 0 bridgehead atoms. The smallest absolute Gasteiger partial charge is 0.0843 e. The van der Waals surface area contributed by atoms with Gasteiger partial charge < -0.3 is 0 Å². The van der Waals surface area contributed by atoms with Gasteiger partial charge in [-0.15, -0.1) is 0 Å². The average Bonchev–Trinajstić information content (AvgIpc) is 2.79. The largest absolute Gasteiger partial charge is 0.0983 e. The lowest BCUT2D eigenvalue weighted by molar-refractivity contribution is 0.782. The zero-order chi connectivity index (χ0) is 12.4. The third-order valence-corrected chi connectivity index (χ3v) is 5.19. The van der Waals surface area contributed by atoms with Crippen molar-refractivity contribution in [3.63, 3.8) is 0 Å². The molecule has 1 unspecified atom stereocenters. The van der Waals surface area contributed by atoms with E-state index in [0.29, 0.717) is 0 Å². The molecule has 0 saturated heterocycles. The summed E-state index contributed by atoms with van der Waals surface area (Å²) in [5.41, 5.74) is 1.25. The van der Waals surface area contributed by atoms with Gasteiger partial charge in [-0.2, -0.15) is 0 Å². The van der Waals surface area contributed by atoms with Gasteiger partial charge in [-0.1, -0.05) is 74.0 Å². The highest BCUT2D eigenvalue weighted by Crippen LogP contribution is 2.65. The fraction of sp³-hybridized carbons (Fsp3) is 0.333. The van der Waals surface area contributed by atoms with Gasteiger partial charge in [-0.3, -0.25) is 0 Å². The maximum Gasteiger partial charge on any atom is 0.0983 e. The van der Waals surface area contributed by atoms with Crippen LogP contribution in [0.15, 0.2) is 30.3 Å². The zero-order valence-corrected chi connectivity index (χ0v) is 12.7. The number of rotatable bonds is 1. The molecule has 86 valence electrons. The van der Waals surface area contributed by atoms with Crippen LogP contribution in [-0.4, -0.2) is 3.23 Å². The second kappa shape index (κ2) is 4.89. The van der Waals surface area contributed by atoms with Gasteiger partial charge in [0.15, 0.2) is 0 Å². The van der Waals surface area contributed by atoms with Gasteiger partial charge in [0.05, 0.1) is 8.65 Å². The van der Waals surface area contributed by atoms with Gasteiger partial charge in [0, 0.05) is 6.42 Å². The van der Waals surface area contributed by atoms with Crippen molar-refractivity contribution in [1.82, 2.24) is 0 Å². The molecule has 1 fully saturated rings. The van der Waals surface area contributed by atoms with Crippen LogP contribution in [0.3, 0.4) is 0 Å². The summed E-state index contributed by atoms with van der Waals surface area (Å²) >= 11 is 7.16. The van der Waals surface area contributed by atoms with Gasteiger partial charge >= 0.3 is 0 Å². The number of alkyl halides is 2. The molecule has 0 radical (unpaired) electrons. The molecule has 0 amide bonds. The van der Waals surface area contributed by atoms with Crippen LogP contribution in [0.25, 0.3) is 0 Å². The van der Waals surface area contributed by atoms with E-state index < -0.39 is 0 Å². The Balaban J connectivity index is 1.91. The summed E-state index contributed by atoms with van der Waals surface area (Å²) in [4.78, 5) is 0. The monoisotopic (exact) mass is 350 g/mol. The topological polar surface area (TPSA) is 0 Å². The molecule has 0 spiro atoms. The summed E-state index contributed by atoms with van der Waals surface area (Å²) < 4.78 is 0.00110. The van der Waals surface area contributed by atoms with Crippen molar-refractivity contribution in [2.75, 3.05) is 0 Å². The Labute approximate surface area is 119 Å². The molecule has 1 aromatic carbocycles. The predicted molar refractivity (Wildman–Crippen MR) is 79.0 cm³/mol. The maximum atomic E-state index is 3.58. The van der Waals surface area contributed by atoms with Crippen LogP contribution in [0.2, 0.25) is 0 Å². The summed E-state index contributed by atoms with van der Waals surface area (Å²) in [6.45, 7) is 2.13. The van der Waals surface area contributed by atoms with Crippen LogP contribution in [0.4, 0.5) is 0 Å². The van der Waals surface area contributed by atoms with Crippen LogP contribution < -0.4 is 0 Å². The van der Waals surface area contributed by atoms with Crippen molar-refractivity contribution < 1.29 is 0 Å². The number of hydrogen-bond donors (Lipinski definition) is 0. The number of hydrogen-bond acceptors (Lipinski definition) is 0. The zero-order valence-electron chi connectivity index (χ0n) is 9.56. The average molecular weight is 352 g/mol. The molecule has 2 rings (SSSR count). The van der Waals surface area contributed by atoms with Gasteiger partial charge in [0.25, 0.3) is 0 Å². The number of benzene rings is 1. The summed E-state index contributed by atoms with van der Waals surface area (Å²) in [6.07, 6.45) is 1.79. The highest BCUT2D eigenvalue weighted by Gasteiger charge is 2.61. The summed E-state index contributed by atoms with van der Waals surface area (Å²) in [5, 5.41) is 0. The fourth-order valence-corrected chi connectivity index (χ4v) is 2.81. The van der Waals surface area contributed by atoms with E-state index >= 15 is 0 Å². The molecule has 1 aliphatic carbocycles. The minimum atomic E-state index is 0.00110. The Morgan fingerprint density at radius 1 is 1.18 bits per heavy atom. The molecule has 1 saturated carbocycles. The Hall–Kier alpha value is -0.700. The molecule has 17 heavy (non-hydrogen) atoms. The van der Waals surface area contributed by atoms with Crippen molar-refractivity contribution in [2.45, 2.75) is 23.0 Å². The van der Waals surface area contributed by atoms with E-state index in [4.69, 9.17) is 0 Å². The quantitative estimate of drug-likeness (QED) is 0.527. The van der Waals surface area contributed by atoms with E-state index in [1.54, 1.807) is 0 Å². The third kappa shape index (κ3) is 3.15. The van der Waals surface area contributed by atoms with Gasteiger partial charge in [-0.25, -0.2) is 0 Å². The highest BCUT2D eigenvalue weighted by atomic mass is 79.9. The molecule has 0 heterocycles. The minimum Gasteiger partial charge on any atom is -0.0843 e. The highest BCUT2D eigenvalue weighted by molar-refractivity contribution is 9.25. The molecule has 1 aromatic rings. The molecule has 0 aromatic heterocycles. The van der Waals surface area contributed by atoms with Gasteiger partial charge in [0.2, 0.25) is 0 Å². The molecule has 0 nitrogen and oxygen atoms in total. The molecule has 1 atom stereocenters. The van der Waals surface area contributed by atoms with Crippen molar-refractivity contribution in [2.24, 2.45) is 5.41 Å². The standard InChI is InChI=1S/C15H12Br2/c1-14(12-15(14,16)17)11-7-3-6-10-13-8-4-2-5-9-13/h2,4-5,8-9H,10,12H2,1H3. The van der Waals surface area contributed by atoms with E-state index in [-0.39, 0.29) is 8.65 Å². The van der Waals surface area contributed by atoms with Crippen LogP contribution in [0.1, 0.15) is 18.9 Å². The summed E-state index contributed by atoms with van der Waals surface area (Å²) in [6, 6.07) is 10.2. The Morgan fingerprint density at radius 2 is 1.82 bits per heavy atom. The Bertz CT molecular complexity index is 523. The molecule has 1 aliphatic rings. The maximum absolute atomic E-state index is 3.58. The SMILES string of the molecule is CC1(C#CC#CCc2ccccc2)CC1(Br)Br. The lowest BCUT2D eigenvalue weighted by Gasteiger charge is -2.00.